The van der Waals surface area contributed by atoms with Crippen LogP contribution in [0.1, 0.15) is 41.4 Å². The molecular formula is C19H28N6O2. The number of carbonyl (C=O) groups is 1. The number of hydrogen-bond acceptors (Lipinski definition) is 6. The lowest BCUT2D eigenvalue weighted by molar-refractivity contribution is 0.143. The summed E-state index contributed by atoms with van der Waals surface area (Å²) < 4.78 is 7.32. The van der Waals surface area contributed by atoms with Gasteiger partial charge in [0.05, 0.1) is 19.6 Å². The number of nitrogens with zero attached hydrogens (tertiary/aromatic N) is 2. The number of benzene rings is 1. The molecule has 1 amide bonds. The van der Waals surface area contributed by atoms with E-state index in [0.29, 0.717) is 19.8 Å². The highest BCUT2D eigenvalue weighted by Crippen LogP contribution is 2.22. The van der Waals surface area contributed by atoms with Gasteiger partial charge in [-0.2, -0.15) is 0 Å². The average Bonchev–Trinajstić information content (AvgIpc) is 3.05. The van der Waals surface area contributed by atoms with E-state index in [9.17, 15) is 4.79 Å². The Hall–Kier alpha value is -2.58. The molecule has 3 rings (SSSR count). The Balaban J connectivity index is 1.35. The molecule has 8 nitrogen and oxygen atoms in total. The maximum absolute atomic E-state index is 11.9. The molecular weight excluding hydrogens is 344 g/mol. The number of ether oxygens (including phenoxy) is 1. The summed E-state index contributed by atoms with van der Waals surface area (Å²) >= 11 is 0. The maximum atomic E-state index is 11.9. The van der Waals surface area contributed by atoms with Gasteiger partial charge in [0.1, 0.15) is 17.7 Å². The first-order valence-corrected chi connectivity index (χ1v) is 9.30. The number of aromatic nitrogens is 2. The van der Waals surface area contributed by atoms with Gasteiger partial charge < -0.3 is 25.7 Å². The second-order valence-corrected chi connectivity index (χ2v) is 6.77. The molecule has 0 saturated heterocycles. The van der Waals surface area contributed by atoms with Crippen molar-refractivity contribution in [2.45, 2.75) is 45.9 Å². The van der Waals surface area contributed by atoms with E-state index in [1.165, 1.54) is 11.1 Å². The number of nitrogens with two attached hydrogens (primary N) is 1. The first-order valence-electron chi connectivity index (χ1n) is 9.30. The van der Waals surface area contributed by atoms with Crippen molar-refractivity contribution in [3.05, 3.63) is 46.9 Å². The molecule has 0 bridgehead atoms. The summed E-state index contributed by atoms with van der Waals surface area (Å²) in [6, 6.07) is 6.10. The van der Waals surface area contributed by atoms with Crippen molar-refractivity contribution in [2.75, 3.05) is 18.6 Å². The van der Waals surface area contributed by atoms with Crippen LogP contribution in [-0.2, 0) is 17.8 Å². The number of hydrogen-bond donors (Lipinski definition) is 4. The van der Waals surface area contributed by atoms with Gasteiger partial charge in [0, 0.05) is 13.1 Å². The maximum Gasteiger partial charge on any atom is 0.407 e. The minimum Gasteiger partial charge on any atom is -0.450 e. The third-order valence-corrected chi connectivity index (χ3v) is 4.82. The van der Waals surface area contributed by atoms with E-state index in [1.54, 1.807) is 6.33 Å². The zero-order valence-electron chi connectivity index (χ0n) is 15.9. The molecule has 1 atom stereocenters. The second kappa shape index (κ2) is 8.88. The Kier molecular flexibility index (Phi) is 6.31. The Morgan fingerprint density at radius 1 is 1.37 bits per heavy atom. The van der Waals surface area contributed by atoms with Gasteiger partial charge in [0.2, 0.25) is 0 Å². The number of carbonyl (C=O) groups excluding carboxylic acids is 1. The van der Waals surface area contributed by atoms with Crippen LogP contribution in [0.4, 0.5) is 10.6 Å². The van der Waals surface area contributed by atoms with E-state index in [-0.39, 0.29) is 12.3 Å². The van der Waals surface area contributed by atoms with Crippen LogP contribution in [0.5, 0.6) is 0 Å². The summed E-state index contributed by atoms with van der Waals surface area (Å²) in [4.78, 5) is 16.2. The van der Waals surface area contributed by atoms with Gasteiger partial charge in [-0.25, -0.2) is 9.78 Å². The SMILES string of the molecule is Cc1cccc(C)c1CNC(=O)OCCCCn1cnc2c1NCNC2N. The van der Waals surface area contributed by atoms with Gasteiger partial charge in [-0.3, -0.25) is 5.32 Å². The average molecular weight is 372 g/mol. The number of aryl methyl sites for hydroxylation is 3. The van der Waals surface area contributed by atoms with Crippen molar-refractivity contribution in [2.24, 2.45) is 5.73 Å². The van der Waals surface area contributed by atoms with Crippen molar-refractivity contribution in [1.82, 2.24) is 20.2 Å². The van der Waals surface area contributed by atoms with E-state index in [0.717, 1.165) is 36.5 Å². The molecule has 2 heterocycles. The van der Waals surface area contributed by atoms with Crippen molar-refractivity contribution >= 4 is 11.9 Å². The van der Waals surface area contributed by atoms with Gasteiger partial charge in [-0.15, -0.1) is 0 Å². The highest BCUT2D eigenvalue weighted by molar-refractivity contribution is 5.67. The summed E-state index contributed by atoms with van der Waals surface area (Å²) in [6.45, 7) is 6.39. The molecule has 1 aliphatic rings. The molecule has 0 fully saturated rings. The second-order valence-electron chi connectivity index (χ2n) is 6.77. The molecule has 8 heteroatoms. The van der Waals surface area contributed by atoms with Crippen LogP contribution in [0.3, 0.4) is 0 Å². The van der Waals surface area contributed by atoms with Gasteiger partial charge in [0.25, 0.3) is 0 Å². The van der Waals surface area contributed by atoms with E-state index < -0.39 is 0 Å². The summed E-state index contributed by atoms with van der Waals surface area (Å²) in [5.74, 6) is 0.966. The molecule has 1 aromatic heterocycles. The molecule has 1 aromatic carbocycles. The minimum absolute atomic E-state index is 0.230. The predicted molar refractivity (Wildman–Crippen MR) is 104 cm³/mol. The first-order chi connectivity index (χ1) is 13.1. The molecule has 0 aliphatic carbocycles. The summed E-state index contributed by atoms with van der Waals surface area (Å²) in [6.07, 6.45) is 2.86. The van der Waals surface area contributed by atoms with E-state index >= 15 is 0 Å². The fourth-order valence-electron chi connectivity index (χ4n) is 3.22. The van der Waals surface area contributed by atoms with Crippen LogP contribution < -0.4 is 21.7 Å². The number of amides is 1. The minimum atomic E-state index is -0.378. The molecule has 27 heavy (non-hydrogen) atoms. The standard InChI is InChI=1S/C19H28N6O2/c1-13-6-5-7-14(2)15(13)10-21-19(26)27-9-4-3-8-25-12-24-16-17(20)22-11-23-18(16)25/h5-7,12,17,22-23H,3-4,8-11,20H2,1-2H3,(H,21,26). The molecule has 0 spiro atoms. The molecule has 0 radical (unpaired) electrons. The quantitative estimate of drug-likeness (QED) is 0.555. The molecule has 2 aromatic rings. The lowest BCUT2D eigenvalue weighted by atomic mass is 10.0. The van der Waals surface area contributed by atoms with Crippen LogP contribution >= 0.6 is 0 Å². The fraction of sp³-hybridized carbons (Fsp3) is 0.474. The lowest BCUT2D eigenvalue weighted by Gasteiger charge is -2.22. The molecule has 146 valence electrons. The number of imidazole rings is 1. The summed E-state index contributed by atoms with van der Waals surface area (Å²) in [7, 11) is 0. The highest BCUT2D eigenvalue weighted by atomic mass is 16.5. The number of rotatable bonds is 7. The van der Waals surface area contributed by atoms with Gasteiger partial charge in [0.15, 0.2) is 0 Å². The molecule has 5 N–H and O–H groups in total. The number of unbranched alkanes of at least 4 members (excludes halogenated alkanes) is 1. The third-order valence-electron chi connectivity index (χ3n) is 4.82. The fourth-order valence-corrected chi connectivity index (χ4v) is 3.22. The number of anilines is 1. The molecule has 0 saturated carbocycles. The summed E-state index contributed by atoms with van der Waals surface area (Å²) in [5, 5.41) is 9.18. The van der Waals surface area contributed by atoms with Crippen LogP contribution in [-0.4, -0.2) is 28.9 Å². The normalized spacial score (nSPS) is 15.7. The van der Waals surface area contributed by atoms with Crippen LogP contribution in [0.15, 0.2) is 24.5 Å². The van der Waals surface area contributed by atoms with E-state index in [1.807, 2.05) is 32.0 Å². The number of fused-ring (bicyclic) bond motifs is 1. The third kappa shape index (κ3) is 4.78. The Morgan fingerprint density at radius 2 is 2.15 bits per heavy atom. The van der Waals surface area contributed by atoms with Crippen LogP contribution in [0.25, 0.3) is 0 Å². The van der Waals surface area contributed by atoms with Crippen molar-refractivity contribution < 1.29 is 9.53 Å². The smallest absolute Gasteiger partial charge is 0.407 e. The lowest BCUT2D eigenvalue weighted by Crippen LogP contribution is -2.38. The largest absolute Gasteiger partial charge is 0.450 e. The zero-order chi connectivity index (χ0) is 19.2. The predicted octanol–water partition coefficient (Wildman–Crippen LogP) is 2.14. The van der Waals surface area contributed by atoms with Crippen molar-refractivity contribution in [1.29, 1.82) is 0 Å². The molecule has 1 aliphatic heterocycles. The van der Waals surface area contributed by atoms with Gasteiger partial charge >= 0.3 is 6.09 Å². The van der Waals surface area contributed by atoms with E-state index in [4.69, 9.17) is 10.5 Å². The first kappa shape index (κ1) is 19.2. The molecule has 1 unspecified atom stereocenters. The van der Waals surface area contributed by atoms with Crippen molar-refractivity contribution in [3.8, 4) is 0 Å². The zero-order valence-corrected chi connectivity index (χ0v) is 15.9. The van der Waals surface area contributed by atoms with E-state index in [2.05, 4.69) is 25.5 Å². The monoisotopic (exact) mass is 372 g/mol. The number of nitrogens with one attached hydrogen (secondary N) is 3. The Labute approximate surface area is 159 Å². The van der Waals surface area contributed by atoms with Gasteiger partial charge in [-0.05, 0) is 43.4 Å². The van der Waals surface area contributed by atoms with Crippen LogP contribution in [0.2, 0.25) is 0 Å². The number of alkyl carbamates (subject to hydrolysis) is 1. The highest BCUT2D eigenvalue weighted by Gasteiger charge is 2.20. The van der Waals surface area contributed by atoms with Crippen LogP contribution in [0, 0.1) is 13.8 Å². The van der Waals surface area contributed by atoms with Gasteiger partial charge in [-0.1, -0.05) is 18.2 Å². The Morgan fingerprint density at radius 3 is 2.93 bits per heavy atom. The topological polar surface area (TPSA) is 106 Å². The Bertz CT molecular complexity index is 768. The summed E-state index contributed by atoms with van der Waals surface area (Å²) in [5.41, 5.74) is 10.3. The van der Waals surface area contributed by atoms with Crippen molar-refractivity contribution in [3.63, 3.8) is 0 Å².